The maximum Gasteiger partial charge on any atom is 0.329 e. The van der Waals surface area contributed by atoms with Crippen molar-refractivity contribution in [3.63, 3.8) is 0 Å². The van der Waals surface area contributed by atoms with E-state index in [1.165, 1.54) is 19.0 Å². The third-order valence-electron chi connectivity index (χ3n) is 3.01. The molecule has 0 amide bonds. The van der Waals surface area contributed by atoms with Crippen molar-refractivity contribution in [1.82, 2.24) is 9.97 Å². The second-order valence-corrected chi connectivity index (χ2v) is 4.88. The van der Waals surface area contributed by atoms with Crippen LogP contribution in [0.25, 0.3) is 0 Å². The van der Waals surface area contributed by atoms with Gasteiger partial charge in [0, 0.05) is 12.6 Å². The minimum absolute atomic E-state index is 0.0667. The number of hydrogen-bond donors (Lipinski definition) is 1. The molecule has 2 rings (SSSR count). The van der Waals surface area contributed by atoms with E-state index in [4.69, 9.17) is 5.73 Å². The monoisotopic (exact) mass is 251 g/mol. The van der Waals surface area contributed by atoms with E-state index in [-0.39, 0.29) is 17.7 Å². The van der Waals surface area contributed by atoms with Gasteiger partial charge in [-0.05, 0) is 32.6 Å². The molecule has 0 atom stereocenters. The predicted octanol–water partition coefficient (Wildman–Crippen LogP) is 1.59. The Kier molecular flexibility index (Phi) is 3.31. The fraction of sp³-hybridized carbons (Fsp3) is 0.636. The molecule has 1 fully saturated rings. The van der Waals surface area contributed by atoms with Crippen molar-refractivity contribution in [2.75, 3.05) is 17.2 Å². The van der Waals surface area contributed by atoms with Crippen LogP contribution in [0, 0.1) is 16.0 Å². The number of nitrogens with zero attached hydrogens (tertiary/aromatic N) is 4. The lowest BCUT2D eigenvalue weighted by molar-refractivity contribution is -0.384. The summed E-state index contributed by atoms with van der Waals surface area (Å²) in [4.78, 5) is 20.2. The van der Waals surface area contributed by atoms with E-state index in [9.17, 15) is 10.1 Å². The van der Waals surface area contributed by atoms with Gasteiger partial charge in [-0.25, -0.2) is 4.98 Å². The molecule has 0 spiro atoms. The summed E-state index contributed by atoms with van der Waals surface area (Å²) in [5.41, 5.74) is 5.46. The molecule has 0 bridgehead atoms. The summed E-state index contributed by atoms with van der Waals surface area (Å²) >= 11 is 0. The molecule has 1 aromatic rings. The van der Waals surface area contributed by atoms with E-state index in [2.05, 4.69) is 9.97 Å². The van der Waals surface area contributed by atoms with Crippen molar-refractivity contribution >= 4 is 17.5 Å². The highest BCUT2D eigenvalue weighted by Gasteiger charge is 2.30. The van der Waals surface area contributed by atoms with Gasteiger partial charge in [-0.1, -0.05) is 0 Å². The Bertz CT molecular complexity index is 459. The van der Waals surface area contributed by atoms with Gasteiger partial charge >= 0.3 is 5.69 Å². The van der Waals surface area contributed by atoms with E-state index in [0.29, 0.717) is 11.7 Å². The van der Waals surface area contributed by atoms with Gasteiger partial charge in [0.1, 0.15) is 6.20 Å². The lowest BCUT2D eigenvalue weighted by atomic mass is 10.2. The summed E-state index contributed by atoms with van der Waals surface area (Å²) in [7, 11) is 0. The van der Waals surface area contributed by atoms with Gasteiger partial charge in [-0.3, -0.25) is 10.1 Å². The molecule has 0 saturated heterocycles. The smallest absolute Gasteiger partial charge is 0.329 e. The molecule has 7 heteroatoms. The molecule has 1 aliphatic carbocycles. The number of hydrogen-bond acceptors (Lipinski definition) is 6. The summed E-state index contributed by atoms with van der Waals surface area (Å²) in [5, 5.41) is 11.0. The first-order valence-electron chi connectivity index (χ1n) is 6.02. The van der Waals surface area contributed by atoms with Gasteiger partial charge in [-0.2, -0.15) is 4.98 Å². The number of anilines is 2. The van der Waals surface area contributed by atoms with Gasteiger partial charge in [0.05, 0.1) is 4.92 Å². The molecule has 0 aliphatic heterocycles. The second kappa shape index (κ2) is 4.75. The highest BCUT2D eigenvalue weighted by molar-refractivity contribution is 5.59. The molecule has 18 heavy (non-hydrogen) atoms. The fourth-order valence-corrected chi connectivity index (χ4v) is 1.84. The van der Waals surface area contributed by atoms with Crippen molar-refractivity contribution in [1.29, 1.82) is 0 Å². The molecule has 0 aromatic carbocycles. The summed E-state index contributed by atoms with van der Waals surface area (Å²) in [6.07, 6.45) is 3.54. The Morgan fingerprint density at radius 1 is 1.61 bits per heavy atom. The van der Waals surface area contributed by atoms with Gasteiger partial charge < -0.3 is 10.6 Å². The quantitative estimate of drug-likeness (QED) is 0.630. The summed E-state index contributed by atoms with van der Waals surface area (Å²) < 4.78 is 0. The molecular weight excluding hydrogens is 234 g/mol. The van der Waals surface area contributed by atoms with Gasteiger partial charge in [-0.15, -0.1) is 0 Å². The van der Waals surface area contributed by atoms with E-state index in [1.54, 1.807) is 0 Å². The minimum Gasteiger partial charge on any atom is -0.368 e. The Labute approximate surface area is 105 Å². The standard InChI is InChI=1S/C11H17N5O2/c1-7(2)15(6-8-3-4-8)10-9(16(17)18)5-13-11(12)14-10/h5,7-8H,3-4,6H2,1-2H3,(H2,12,13,14). The minimum atomic E-state index is -0.461. The second-order valence-electron chi connectivity index (χ2n) is 4.88. The average molecular weight is 251 g/mol. The van der Waals surface area contributed by atoms with Crippen LogP contribution in [0.5, 0.6) is 0 Å². The molecule has 7 nitrogen and oxygen atoms in total. The van der Waals surface area contributed by atoms with E-state index < -0.39 is 4.92 Å². The third kappa shape index (κ3) is 2.66. The zero-order valence-electron chi connectivity index (χ0n) is 10.5. The Morgan fingerprint density at radius 2 is 2.28 bits per heavy atom. The van der Waals surface area contributed by atoms with Crippen LogP contribution in [-0.2, 0) is 0 Å². The summed E-state index contributed by atoms with van der Waals surface area (Å²) in [6, 6.07) is 0.138. The summed E-state index contributed by atoms with van der Waals surface area (Å²) in [6.45, 7) is 4.77. The highest BCUT2D eigenvalue weighted by atomic mass is 16.6. The largest absolute Gasteiger partial charge is 0.368 e. The lowest BCUT2D eigenvalue weighted by Crippen LogP contribution is -2.34. The van der Waals surface area contributed by atoms with Crippen LogP contribution in [0.3, 0.4) is 0 Å². The van der Waals surface area contributed by atoms with Crippen molar-refractivity contribution in [2.24, 2.45) is 5.92 Å². The van der Waals surface area contributed by atoms with Gasteiger partial charge in [0.25, 0.3) is 0 Å². The van der Waals surface area contributed by atoms with Gasteiger partial charge in [0.15, 0.2) is 0 Å². The van der Waals surface area contributed by atoms with Crippen molar-refractivity contribution in [3.05, 3.63) is 16.3 Å². The number of aromatic nitrogens is 2. The van der Waals surface area contributed by atoms with E-state index >= 15 is 0 Å². The predicted molar refractivity (Wildman–Crippen MR) is 68.3 cm³/mol. The normalized spacial score (nSPS) is 14.8. The SMILES string of the molecule is CC(C)N(CC1CC1)c1nc(N)ncc1[N+](=O)[O-]. The third-order valence-corrected chi connectivity index (χ3v) is 3.01. The van der Waals surface area contributed by atoms with E-state index in [1.807, 2.05) is 18.7 Å². The van der Waals surface area contributed by atoms with Crippen LogP contribution in [0.15, 0.2) is 6.20 Å². The topological polar surface area (TPSA) is 98.2 Å². The highest BCUT2D eigenvalue weighted by Crippen LogP contribution is 2.34. The number of nitrogen functional groups attached to an aromatic ring is 1. The lowest BCUT2D eigenvalue weighted by Gasteiger charge is -2.27. The number of rotatable bonds is 5. The molecule has 0 radical (unpaired) electrons. The average Bonchev–Trinajstić information content (AvgIpc) is 3.08. The molecule has 2 N–H and O–H groups in total. The van der Waals surface area contributed by atoms with Crippen LogP contribution in [-0.4, -0.2) is 27.5 Å². The first kappa shape index (κ1) is 12.5. The molecular formula is C11H17N5O2. The van der Waals surface area contributed by atoms with Crippen molar-refractivity contribution < 1.29 is 4.92 Å². The molecule has 1 aromatic heterocycles. The van der Waals surface area contributed by atoms with Crippen LogP contribution in [0.1, 0.15) is 26.7 Å². The molecule has 1 aliphatic rings. The van der Waals surface area contributed by atoms with Gasteiger partial charge in [0.2, 0.25) is 11.8 Å². The molecule has 1 heterocycles. The maximum absolute atomic E-state index is 11.0. The van der Waals surface area contributed by atoms with Crippen LogP contribution in [0.2, 0.25) is 0 Å². The zero-order chi connectivity index (χ0) is 13.3. The fourth-order valence-electron chi connectivity index (χ4n) is 1.84. The molecule has 98 valence electrons. The number of nitrogens with two attached hydrogens (primary N) is 1. The Hall–Kier alpha value is -1.92. The number of nitro groups is 1. The zero-order valence-corrected chi connectivity index (χ0v) is 10.5. The first-order valence-corrected chi connectivity index (χ1v) is 6.02. The van der Waals surface area contributed by atoms with Crippen molar-refractivity contribution in [2.45, 2.75) is 32.7 Å². The first-order chi connectivity index (χ1) is 8.49. The summed E-state index contributed by atoms with van der Waals surface area (Å²) in [5.74, 6) is 1.01. The Morgan fingerprint density at radius 3 is 2.78 bits per heavy atom. The molecule has 0 unspecified atom stereocenters. The van der Waals surface area contributed by atoms with Crippen molar-refractivity contribution in [3.8, 4) is 0 Å². The van der Waals surface area contributed by atoms with Crippen LogP contribution >= 0.6 is 0 Å². The van der Waals surface area contributed by atoms with Crippen LogP contribution < -0.4 is 10.6 Å². The maximum atomic E-state index is 11.0. The Balaban J connectivity index is 2.37. The molecule has 1 saturated carbocycles. The van der Waals surface area contributed by atoms with Crippen LogP contribution in [0.4, 0.5) is 17.5 Å². The van der Waals surface area contributed by atoms with E-state index in [0.717, 1.165) is 6.54 Å².